The summed E-state index contributed by atoms with van der Waals surface area (Å²) in [6.45, 7) is 1.84. The number of aromatic nitrogens is 2. The molecule has 0 aliphatic rings. The number of hydrogen-bond acceptors (Lipinski definition) is 1. The molecule has 1 aromatic carbocycles. The summed E-state index contributed by atoms with van der Waals surface area (Å²) in [5, 5.41) is 6.69. The van der Waals surface area contributed by atoms with Gasteiger partial charge in [0.15, 0.2) is 0 Å². The molecule has 2 aromatic rings. The van der Waals surface area contributed by atoms with Crippen molar-refractivity contribution in [2.24, 2.45) is 0 Å². The monoisotopic (exact) mass is 260 g/mol. The van der Waals surface area contributed by atoms with Crippen LogP contribution >= 0.6 is 15.9 Å². The van der Waals surface area contributed by atoms with Crippen molar-refractivity contribution in [1.82, 2.24) is 10.2 Å². The summed E-state index contributed by atoms with van der Waals surface area (Å²) in [4.78, 5) is 0. The van der Waals surface area contributed by atoms with Crippen LogP contribution in [-0.4, -0.2) is 10.2 Å². The van der Waals surface area contributed by atoms with Crippen LogP contribution in [0.2, 0.25) is 0 Å². The van der Waals surface area contributed by atoms with Crippen molar-refractivity contribution in [2.45, 2.75) is 13.3 Å². The maximum absolute atomic E-state index is 12.5. The lowest BCUT2D eigenvalue weighted by molar-refractivity contribution is 0.147. The Labute approximate surface area is 87.4 Å². The number of benzene rings is 1. The minimum absolute atomic E-state index is 0.121. The number of nitrogens with one attached hydrogen (secondary N) is 1. The number of H-pyrrole nitrogens is 1. The van der Waals surface area contributed by atoms with Crippen LogP contribution in [0.1, 0.15) is 17.7 Å². The molecule has 2 nitrogen and oxygen atoms in total. The first-order valence-electron chi connectivity index (χ1n) is 4.02. The van der Waals surface area contributed by atoms with Crippen molar-refractivity contribution >= 4 is 26.8 Å². The quantitative estimate of drug-likeness (QED) is 0.835. The predicted molar refractivity (Wildman–Crippen MR) is 53.5 cm³/mol. The number of fused-ring (bicyclic) bond motifs is 1. The van der Waals surface area contributed by atoms with Gasteiger partial charge in [0, 0.05) is 9.86 Å². The Balaban J connectivity index is 2.78. The maximum Gasteiger partial charge on any atom is 0.280 e. The molecule has 0 radical (unpaired) electrons. The van der Waals surface area contributed by atoms with Gasteiger partial charge in [0.05, 0.1) is 5.52 Å². The number of alkyl halides is 2. The predicted octanol–water partition coefficient (Wildman–Crippen LogP) is 3.57. The average Bonchev–Trinajstić information content (AvgIpc) is 2.47. The van der Waals surface area contributed by atoms with Crippen LogP contribution in [0.15, 0.2) is 16.6 Å². The molecule has 0 saturated heterocycles. The van der Waals surface area contributed by atoms with Crippen LogP contribution in [0, 0.1) is 6.92 Å². The first-order chi connectivity index (χ1) is 6.59. The normalized spacial score (nSPS) is 11.5. The van der Waals surface area contributed by atoms with Gasteiger partial charge >= 0.3 is 0 Å². The van der Waals surface area contributed by atoms with Crippen molar-refractivity contribution in [3.63, 3.8) is 0 Å². The molecule has 0 aliphatic carbocycles. The van der Waals surface area contributed by atoms with E-state index in [9.17, 15) is 8.78 Å². The lowest BCUT2D eigenvalue weighted by atomic mass is 10.1. The van der Waals surface area contributed by atoms with Gasteiger partial charge in [0.1, 0.15) is 5.69 Å². The van der Waals surface area contributed by atoms with E-state index in [2.05, 4.69) is 26.1 Å². The Morgan fingerprint density at radius 3 is 2.79 bits per heavy atom. The number of hydrogen-bond donors (Lipinski definition) is 1. The molecule has 1 N–H and O–H groups in total. The zero-order valence-corrected chi connectivity index (χ0v) is 8.90. The Morgan fingerprint density at radius 1 is 1.43 bits per heavy atom. The van der Waals surface area contributed by atoms with E-state index >= 15 is 0 Å². The summed E-state index contributed by atoms with van der Waals surface area (Å²) >= 11 is 3.26. The average molecular weight is 261 g/mol. The molecule has 0 aliphatic heterocycles. The van der Waals surface area contributed by atoms with Gasteiger partial charge in [-0.15, -0.1) is 0 Å². The van der Waals surface area contributed by atoms with Crippen LogP contribution < -0.4 is 0 Å². The maximum atomic E-state index is 12.5. The second-order valence-electron chi connectivity index (χ2n) is 3.06. The van der Waals surface area contributed by atoms with E-state index in [1.165, 1.54) is 0 Å². The molecule has 2 rings (SSSR count). The summed E-state index contributed by atoms with van der Waals surface area (Å²) in [5.74, 6) is 0. The van der Waals surface area contributed by atoms with Gasteiger partial charge in [0.25, 0.3) is 6.43 Å². The van der Waals surface area contributed by atoms with E-state index in [4.69, 9.17) is 0 Å². The first-order valence-corrected chi connectivity index (χ1v) is 4.81. The third kappa shape index (κ3) is 1.41. The highest BCUT2D eigenvalue weighted by molar-refractivity contribution is 9.10. The fraction of sp³-hybridized carbons (Fsp3) is 0.222. The zero-order chi connectivity index (χ0) is 10.3. The molecule has 1 heterocycles. The Morgan fingerprint density at radius 2 is 2.14 bits per heavy atom. The standard InChI is InChI=1S/C9H7BrF2N2/c1-4-2-5(10)3-6-7(4)13-14-8(6)9(11)12/h2-3,9H,1H3,(H,13,14). The summed E-state index contributed by atoms with van der Waals surface area (Å²) < 4.78 is 25.8. The first kappa shape index (κ1) is 9.58. The Hall–Kier alpha value is -0.970. The van der Waals surface area contributed by atoms with E-state index in [0.717, 1.165) is 10.0 Å². The third-order valence-electron chi connectivity index (χ3n) is 2.06. The molecule has 5 heteroatoms. The number of nitrogens with zero attached hydrogens (tertiary/aromatic N) is 1. The minimum atomic E-state index is -2.52. The van der Waals surface area contributed by atoms with Crippen LogP contribution in [0.4, 0.5) is 8.78 Å². The van der Waals surface area contributed by atoms with Gasteiger partial charge in [-0.1, -0.05) is 15.9 Å². The number of rotatable bonds is 1. The van der Waals surface area contributed by atoms with Crippen molar-refractivity contribution in [2.75, 3.05) is 0 Å². The summed E-state index contributed by atoms with van der Waals surface area (Å²) in [6, 6.07) is 3.49. The van der Waals surface area contributed by atoms with Crippen molar-refractivity contribution < 1.29 is 8.78 Å². The number of halogens is 3. The lowest BCUT2D eigenvalue weighted by Crippen LogP contribution is -1.84. The van der Waals surface area contributed by atoms with Gasteiger partial charge in [0.2, 0.25) is 0 Å². The van der Waals surface area contributed by atoms with Gasteiger partial charge in [-0.2, -0.15) is 5.10 Å². The highest BCUT2D eigenvalue weighted by atomic mass is 79.9. The fourth-order valence-electron chi connectivity index (χ4n) is 1.43. The molecule has 0 fully saturated rings. The molecule has 14 heavy (non-hydrogen) atoms. The minimum Gasteiger partial charge on any atom is -0.276 e. The molecule has 0 unspecified atom stereocenters. The lowest BCUT2D eigenvalue weighted by Gasteiger charge is -1.98. The second kappa shape index (κ2) is 3.31. The van der Waals surface area contributed by atoms with Crippen molar-refractivity contribution in [3.05, 3.63) is 27.9 Å². The highest BCUT2D eigenvalue weighted by Crippen LogP contribution is 2.29. The zero-order valence-electron chi connectivity index (χ0n) is 7.31. The van der Waals surface area contributed by atoms with E-state index < -0.39 is 6.43 Å². The molecule has 74 valence electrons. The molecule has 0 amide bonds. The SMILES string of the molecule is Cc1cc(Br)cc2c(C(F)F)[nH]nc12. The van der Waals surface area contributed by atoms with Crippen LogP contribution in [0.25, 0.3) is 10.9 Å². The van der Waals surface area contributed by atoms with Gasteiger partial charge in [-0.3, -0.25) is 5.10 Å². The number of aryl methyl sites for hydroxylation is 1. The largest absolute Gasteiger partial charge is 0.280 e. The van der Waals surface area contributed by atoms with E-state index in [1.54, 1.807) is 6.07 Å². The third-order valence-corrected chi connectivity index (χ3v) is 2.52. The van der Waals surface area contributed by atoms with Gasteiger partial charge in [-0.05, 0) is 24.6 Å². The van der Waals surface area contributed by atoms with Crippen LogP contribution in [0.5, 0.6) is 0 Å². The molecule has 0 bridgehead atoms. The van der Waals surface area contributed by atoms with E-state index in [0.29, 0.717) is 10.9 Å². The Kier molecular flexibility index (Phi) is 2.26. The molecule has 0 atom stereocenters. The van der Waals surface area contributed by atoms with Gasteiger partial charge < -0.3 is 0 Å². The van der Waals surface area contributed by atoms with Crippen LogP contribution in [-0.2, 0) is 0 Å². The molecule has 1 aromatic heterocycles. The van der Waals surface area contributed by atoms with Crippen molar-refractivity contribution in [1.29, 1.82) is 0 Å². The molecular formula is C9H7BrF2N2. The molecular weight excluding hydrogens is 254 g/mol. The van der Waals surface area contributed by atoms with Crippen LogP contribution in [0.3, 0.4) is 0 Å². The number of aromatic amines is 1. The van der Waals surface area contributed by atoms with Crippen molar-refractivity contribution in [3.8, 4) is 0 Å². The highest BCUT2D eigenvalue weighted by Gasteiger charge is 2.15. The van der Waals surface area contributed by atoms with Gasteiger partial charge in [-0.25, -0.2) is 8.78 Å². The topological polar surface area (TPSA) is 28.7 Å². The Bertz CT molecular complexity index is 479. The second-order valence-corrected chi connectivity index (χ2v) is 3.97. The molecule has 0 spiro atoms. The molecule has 0 saturated carbocycles. The smallest absolute Gasteiger partial charge is 0.276 e. The fourth-order valence-corrected chi connectivity index (χ4v) is 2.00. The summed E-state index contributed by atoms with van der Waals surface area (Å²) in [6.07, 6.45) is -2.52. The van der Waals surface area contributed by atoms with E-state index in [1.807, 2.05) is 13.0 Å². The summed E-state index contributed by atoms with van der Waals surface area (Å²) in [7, 11) is 0. The summed E-state index contributed by atoms with van der Waals surface area (Å²) in [5.41, 5.74) is 1.35. The van der Waals surface area contributed by atoms with E-state index in [-0.39, 0.29) is 5.69 Å².